The van der Waals surface area contributed by atoms with Gasteiger partial charge in [0.1, 0.15) is 0 Å². The highest BCUT2D eigenvalue weighted by Crippen LogP contribution is 2.32. The van der Waals surface area contributed by atoms with Crippen LogP contribution in [0.3, 0.4) is 0 Å². The number of primary amides is 1. The van der Waals surface area contributed by atoms with E-state index in [1.54, 1.807) is 15.8 Å². The van der Waals surface area contributed by atoms with E-state index in [2.05, 4.69) is 37.1 Å². The van der Waals surface area contributed by atoms with Crippen LogP contribution in [0.5, 0.6) is 0 Å². The van der Waals surface area contributed by atoms with Gasteiger partial charge in [0.15, 0.2) is 0 Å². The van der Waals surface area contributed by atoms with Crippen LogP contribution in [0.25, 0.3) is 0 Å². The predicted octanol–water partition coefficient (Wildman–Crippen LogP) is 1.70. The van der Waals surface area contributed by atoms with Gasteiger partial charge in [0, 0.05) is 38.7 Å². The maximum Gasteiger partial charge on any atom is 0.223 e. The smallest absolute Gasteiger partial charge is 0.223 e. The predicted molar refractivity (Wildman–Crippen MR) is 99.5 cm³/mol. The maximum atomic E-state index is 12.7. The van der Waals surface area contributed by atoms with E-state index < -0.39 is 0 Å². The number of carbonyl (C=O) groups excluding carboxylic acids is 2. The van der Waals surface area contributed by atoms with Crippen molar-refractivity contribution in [3.8, 4) is 0 Å². The lowest BCUT2D eigenvalue weighted by Crippen LogP contribution is -2.32. The van der Waals surface area contributed by atoms with Crippen molar-refractivity contribution in [3.05, 3.63) is 52.8 Å². The number of nitrogens with zero attached hydrogens (tertiary/aromatic N) is 3. The lowest BCUT2D eigenvalue weighted by atomic mass is 9.90. The summed E-state index contributed by atoms with van der Waals surface area (Å²) in [5.41, 5.74) is 10.1. The number of hydrogen-bond donors (Lipinski definition) is 1. The van der Waals surface area contributed by atoms with E-state index in [0.717, 1.165) is 5.56 Å². The molecule has 2 aromatic rings. The lowest BCUT2D eigenvalue weighted by molar-refractivity contribution is -0.130. The summed E-state index contributed by atoms with van der Waals surface area (Å²) in [7, 11) is 1.84. The summed E-state index contributed by atoms with van der Waals surface area (Å²) in [4.78, 5) is 26.3. The normalized spacial score (nSPS) is 19.7. The number of aromatic nitrogens is 2. The van der Waals surface area contributed by atoms with Gasteiger partial charge in [0.25, 0.3) is 0 Å². The second-order valence-corrected chi connectivity index (χ2v) is 7.36. The first kappa shape index (κ1) is 18.2. The Morgan fingerprint density at radius 1 is 1.19 bits per heavy atom. The minimum Gasteiger partial charge on any atom is -0.369 e. The second kappa shape index (κ2) is 7.32. The van der Waals surface area contributed by atoms with E-state index in [9.17, 15) is 9.59 Å². The zero-order chi connectivity index (χ0) is 18.8. The Labute approximate surface area is 154 Å². The highest BCUT2D eigenvalue weighted by atomic mass is 16.2. The van der Waals surface area contributed by atoms with Gasteiger partial charge in [-0.05, 0) is 31.4 Å². The van der Waals surface area contributed by atoms with Crippen molar-refractivity contribution in [2.24, 2.45) is 18.7 Å². The van der Waals surface area contributed by atoms with E-state index >= 15 is 0 Å². The van der Waals surface area contributed by atoms with Crippen LogP contribution in [0.1, 0.15) is 34.6 Å². The number of amides is 2. The first-order chi connectivity index (χ1) is 12.3. The van der Waals surface area contributed by atoms with E-state index in [1.807, 2.05) is 13.2 Å². The van der Waals surface area contributed by atoms with Crippen molar-refractivity contribution < 1.29 is 9.59 Å². The Hall–Kier alpha value is -2.63. The SMILES string of the molecule is Cc1cc(C)cc(CCC(=O)N2C[C@H](C(N)=O)[C@@H](c3cnn(C)c3)C2)c1. The fourth-order valence-electron chi connectivity index (χ4n) is 3.89. The highest BCUT2D eigenvalue weighted by Gasteiger charge is 2.39. The minimum atomic E-state index is -0.358. The van der Waals surface area contributed by atoms with Gasteiger partial charge in [-0.3, -0.25) is 14.3 Å². The summed E-state index contributed by atoms with van der Waals surface area (Å²) in [6.07, 6.45) is 4.79. The Morgan fingerprint density at radius 2 is 1.88 bits per heavy atom. The monoisotopic (exact) mass is 354 g/mol. The number of benzene rings is 1. The molecule has 6 nitrogen and oxygen atoms in total. The molecule has 1 fully saturated rings. The summed E-state index contributed by atoms with van der Waals surface area (Å²) in [6, 6.07) is 6.37. The van der Waals surface area contributed by atoms with Gasteiger partial charge in [0.2, 0.25) is 11.8 Å². The molecule has 2 heterocycles. The van der Waals surface area contributed by atoms with Gasteiger partial charge in [0.05, 0.1) is 12.1 Å². The number of rotatable bonds is 5. The van der Waals surface area contributed by atoms with Crippen LogP contribution >= 0.6 is 0 Å². The molecule has 0 unspecified atom stereocenters. The molecule has 1 aliphatic heterocycles. The van der Waals surface area contributed by atoms with Crippen molar-refractivity contribution in [1.82, 2.24) is 14.7 Å². The topological polar surface area (TPSA) is 81.2 Å². The van der Waals surface area contributed by atoms with Crippen molar-refractivity contribution >= 4 is 11.8 Å². The van der Waals surface area contributed by atoms with Crippen molar-refractivity contribution in [2.75, 3.05) is 13.1 Å². The Kier molecular flexibility index (Phi) is 5.11. The fourth-order valence-corrected chi connectivity index (χ4v) is 3.89. The molecule has 26 heavy (non-hydrogen) atoms. The number of aryl methyl sites for hydroxylation is 4. The van der Waals surface area contributed by atoms with Gasteiger partial charge < -0.3 is 10.6 Å². The first-order valence-corrected chi connectivity index (χ1v) is 8.96. The Morgan fingerprint density at radius 3 is 2.46 bits per heavy atom. The minimum absolute atomic E-state index is 0.0711. The molecule has 6 heteroatoms. The fraction of sp³-hybridized carbons (Fsp3) is 0.450. The van der Waals surface area contributed by atoms with Crippen LogP contribution in [0, 0.1) is 19.8 Å². The Bertz CT molecular complexity index is 807. The van der Waals surface area contributed by atoms with Crippen LogP contribution in [-0.2, 0) is 23.1 Å². The molecule has 0 aliphatic carbocycles. The summed E-state index contributed by atoms with van der Waals surface area (Å²) in [5, 5.41) is 4.18. The summed E-state index contributed by atoms with van der Waals surface area (Å²) in [6.45, 7) is 5.04. The van der Waals surface area contributed by atoms with Crippen molar-refractivity contribution in [2.45, 2.75) is 32.6 Å². The highest BCUT2D eigenvalue weighted by molar-refractivity contribution is 5.82. The molecule has 1 aromatic carbocycles. The van der Waals surface area contributed by atoms with Crippen LogP contribution < -0.4 is 5.73 Å². The van der Waals surface area contributed by atoms with Gasteiger partial charge in [-0.25, -0.2) is 0 Å². The zero-order valence-corrected chi connectivity index (χ0v) is 15.6. The first-order valence-electron chi connectivity index (χ1n) is 8.96. The maximum absolute atomic E-state index is 12.7. The molecule has 1 aliphatic rings. The third-order valence-electron chi connectivity index (χ3n) is 5.10. The quantitative estimate of drug-likeness (QED) is 0.887. The van der Waals surface area contributed by atoms with Crippen LogP contribution in [0.4, 0.5) is 0 Å². The van der Waals surface area contributed by atoms with Crippen molar-refractivity contribution in [1.29, 1.82) is 0 Å². The lowest BCUT2D eigenvalue weighted by Gasteiger charge is -2.16. The summed E-state index contributed by atoms with van der Waals surface area (Å²) in [5.74, 6) is -0.721. The molecule has 0 radical (unpaired) electrons. The van der Waals surface area contributed by atoms with Gasteiger partial charge in [-0.15, -0.1) is 0 Å². The average molecular weight is 354 g/mol. The number of nitrogens with two attached hydrogens (primary N) is 1. The molecular weight excluding hydrogens is 328 g/mol. The molecule has 138 valence electrons. The van der Waals surface area contributed by atoms with E-state index in [-0.39, 0.29) is 23.7 Å². The van der Waals surface area contributed by atoms with Crippen LogP contribution in [-0.4, -0.2) is 39.6 Å². The molecule has 0 spiro atoms. The molecule has 1 aromatic heterocycles. The van der Waals surface area contributed by atoms with Crippen LogP contribution in [0.2, 0.25) is 0 Å². The third-order valence-corrected chi connectivity index (χ3v) is 5.10. The molecule has 0 saturated carbocycles. The van der Waals surface area contributed by atoms with E-state index in [4.69, 9.17) is 5.73 Å². The molecule has 3 rings (SSSR count). The van der Waals surface area contributed by atoms with Crippen molar-refractivity contribution in [3.63, 3.8) is 0 Å². The standard InChI is InChI=1S/C20H26N4O2/c1-13-6-14(2)8-15(7-13)4-5-19(25)24-11-17(18(12-24)20(21)26)16-9-22-23(3)10-16/h6-10,17-18H,4-5,11-12H2,1-3H3,(H2,21,26)/t17-,18+/m1/s1. The molecule has 0 bridgehead atoms. The number of hydrogen-bond acceptors (Lipinski definition) is 3. The largest absolute Gasteiger partial charge is 0.369 e. The molecular formula is C20H26N4O2. The summed E-state index contributed by atoms with van der Waals surface area (Å²) >= 11 is 0. The Balaban J connectivity index is 1.67. The van der Waals surface area contributed by atoms with Gasteiger partial charge in [-0.2, -0.15) is 5.10 Å². The molecule has 1 saturated heterocycles. The number of likely N-dealkylation sites (tertiary alicyclic amines) is 1. The average Bonchev–Trinajstić information content (AvgIpc) is 3.18. The van der Waals surface area contributed by atoms with Gasteiger partial charge >= 0.3 is 0 Å². The van der Waals surface area contributed by atoms with Gasteiger partial charge in [-0.1, -0.05) is 29.3 Å². The second-order valence-electron chi connectivity index (χ2n) is 7.36. The molecule has 2 atom stereocenters. The number of carbonyl (C=O) groups is 2. The zero-order valence-electron chi connectivity index (χ0n) is 15.6. The van der Waals surface area contributed by atoms with E-state index in [0.29, 0.717) is 25.9 Å². The molecule has 2 amide bonds. The molecule has 2 N–H and O–H groups in total. The van der Waals surface area contributed by atoms with Crippen LogP contribution in [0.15, 0.2) is 30.6 Å². The summed E-state index contributed by atoms with van der Waals surface area (Å²) < 4.78 is 1.71. The third kappa shape index (κ3) is 3.95. The van der Waals surface area contributed by atoms with E-state index in [1.165, 1.54) is 16.7 Å².